The normalized spacial score (nSPS) is 23.9. The van der Waals surface area contributed by atoms with E-state index >= 15 is 0 Å². The van der Waals surface area contributed by atoms with Gasteiger partial charge in [0.1, 0.15) is 11.5 Å². The van der Waals surface area contributed by atoms with Gasteiger partial charge in [-0.25, -0.2) is 0 Å². The molecule has 2 nitrogen and oxygen atoms in total. The maximum absolute atomic E-state index is 6.13. The average molecular weight is 385 g/mol. The first kappa shape index (κ1) is 19.0. The van der Waals surface area contributed by atoms with Gasteiger partial charge in [0, 0.05) is 15.9 Å². The summed E-state index contributed by atoms with van der Waals surface area (Å²) >= 11 is 2.19. The van der Waals surface area contributed by atoms with Gasteiger partial charge in [-0.3, -0.25) is 0 Å². The zero-order chi connectivity index (χ0) is 18.6. The number of hydrogen-bond donors (Lipinski definition) is 0. The first-order valence-electron chi connectivity index (χ1n) is 10.8. The van der Waals surface area contributed by atoms with Gasteiger partial charge in [-0.1, -0.05) is 39.2 Å². The van der Waals surface area contributed by atoms with Crippen molar-refractivity contribution >= 4 is 22.5 Å². The summed E-state index contributed by atoms with van der Waals surface area (Å²) in [6, 6.07) is 11.1. The second-order valence-electron chi connectivity index (χ2n) is 7.94. The molecule has 1 saturated heterocycles. The predicted octanol–water partition coefficient (Wildman–Crippen LogP) is 6.95. The molecule has 0 aromatic heterocycles. The lowest BCUT2D eigenvalue weighted by Crippen LogP contribution is -2.14. The van der Waals surface area contributed by atoms with Crippen LogP contribution in [0.3, 0.4) is 0 Å². The third-order valence-electron chi connectivity index (χ3n) is 5.93. The standard InChI is InChI=1S/C24H32O2S/c1-3-5-14-25-17-10-11-19-21(16-17)18(12-13-22(19)26-15-6-4-2)20-8-7-9-23-24(20)27-23/h10-13,16,20,23-24H,3-9,14-15H2,1-2H3. The SMILES string of the molecule is CCCCOc1ccc2c(OCCCC)ccc(C3CCCC4SC43)c2c1. The maximum atomic E-state index is 6.13. The van der Waals surface area contributed by atoms with Crippen LogP contribution < -0.4 is 9.47 Å². The van der Waals surface area contributed by atoms with Crippen LogP contribution in [-0.4, -0.2) is 23.7 Å². The molecule has 0 N–H and O–H groups in total. The summed E-state index contributed by atoms with van der Waals surface area (Å²) in [6.07, 6.45) is 8.62. The fourth-order valence-corrected chi connectivity index (χ4v) is 5.71. The lowest BCUT2D eigenvalue weighted by molar-refractivity contribution is 0.309. The average Bonchev–Trinajstić information content (AvgIpc) is 3.48. The first-order chi connectivity index (χ1) is 13.3. The van der Waals surface area contributed by atoms with Crippen LogP contribution in [0.4, 0.5) is 0 Å². The maximum Gasteiger partial charge on any atom is 0.127 e. The zero-order valence-electron chi connectivity index (χ0n) is 16.7. The highest BCUT2D eigenvalue weighted by Crippen LogP contribution is 2.58. The fraction of sp³-hybridized carbons (Fsp3) is 0.583. The minimum atomic E-state index is 0.687. The van der Waals surface area contributed by atoms with E-state index in [1.807, 2.05) is 0 Å². The smallest absolute Gasteiger partial charge is 0.127 e. The Kier molecular flexibility index (Phi) is 6.17. The van der Waals surface area contributed by atoms with E-state index in [1.54, 1.807) is 0 Å². The molecule has 3 heteroatoms. The van der Waals surface area contributed by atoms with Crippen molar-refractivity contribution in [3.63, 3.8) is 0 Å². The van der Waals surface area contributed by atoms with E-state index in [0.29, 0.717) is 5.92 Å². The molecule has 1 saturated carbocycles. The summed E-state index contributed by atoms with van der Waals surface area (Å²) in [5.41, 5.74) is 1.51. The molecule has 0 amide bonds. The Morgan fingerprint density at radius 1 is 0.926 bits per heavy atom. The Balaban J connectivity index is 1.67. The van der Waals surface area contributed by atoms with E-state index < -0.39 is 0 Å². The summed E-state index contributed by atoms with van der Waals surface area (Å²) < 4.78 is 12.2. The van der Waals surface area contributed by atoms with Crippen molar-refractivity contribution in [3.8, 4) is 11.5 Å². The van der Waals surface area contributed by atoms with Crippen LogP contribution in [0.5, 0.6) is 11.5 Å². The van der Waals surface area contributed by atoms with Gasteiger partial charge in [-0.2, -0.15) is 11.8 Å². The fourth-order valence-electron chi connectivity index (χ4n) is 4.30. The minimum Gasteiger partial charge on any atom is -0.494 e. The van der Waals surface area contributed by atoms with Crippen LogP contribution in [0.25, 0.3) is 10.8 Å². The van der Waals surface area contributed by atoms with Gasteiger partial charge in [0.15, 0.2) is 0 Å². The monoisotopic (exact) mass is 384 g/mol. The van der Waals surface area contributed by atoms with Crippen LogP contribution >= 0.6 is 11.8 Å². The number of benzene rings is 2. The predicted molar refractivity (Wildman–Crippen MR) is 117 cm³/mol. The summed E-state index contributed by atoms with van der Waals surface area (Å²) in [5.74, 6) is 2.71. The van der Waals surface area contributed by atoms with Gasteiger partial charge >= 0.3 is 0 Å². The highest BCUT2D eigenvalue weighted by molar-refractivity contribution is 8.07. The molecule has 3 unspecified atom stereocenters. The van der Waals surface area contributed by atoms with Crippen LogP contribution in [0.1, 0.15) is 70.3 Å². The van der Waals surface area contributed by atoms with Gasteiger partial charge in [0.2, 0.25) is 0 Å². The molecule has 2 fully saturated rings. The quantitative estimate of drug-likeness (QED) is 0.344. The Labute approximate surface area is 168 Å². The van der Waals surface area contributed by atoms with E-state index in [9.17, 15) is 0 Å². The van der Waals surface area contributed by atoms with E-state index in [-0.39, 0.29) is 0 Å². The molecule has 0 bridgehead atoms. The number of unbranched alkanes of at least 4 members (excludes halogenated alkanes) is 2. The van der Waals surface area contributed by atoms with E-state index in [4.69, 9.17) is 9.47 Å². The molecule has 0 spiro atoms. The molecule has 0 radical (unpaired) electrons. The van der Waals surface area contributed by atoms with Crippen molar-refractivity contribution < 1.29 is 9.47 Å². The Hall–Kier alpha value is -1.35. The lowest BCUT2D eigenvalue weighted by atomic mass is 9.82. The molecule has 4 rings (SSSR count). The molecule has 2 aliphatic rings. The molecule has 2 aromatic rings. The van der Waals surface area contributed by atoms with Crippen molar-refractivity contribution in [3.05, 3.63) is 35.9 Å². The molecule has 3 atom stereocenters. The van der Waals surface area contributed by atoms with Crippen molar-refractivity contribution in [2.24, 2.45) is 0 Å². The zero-order valence-corrected chi connectivity index (χ0v) is 17.5. The second-order valence-corrected chi connectivity index (χ2v) is 9.36. The molecule has 146 valence electrons. The molecule has 27 heavy (non-hydrogen) atoms. The molecular formula is C24H32O2S. The summed E-state index contributed by atoms with van der Waals surface area (Å²) in [6.45, 7) is 6.00. The molecule has 2 aromatic carbocycles. The van der Waals surface area contributed by atoms with Crippen molar-refractivity contribution in [2.75, 3.05) is 13.2 Å². The number of thioether (sulfide) groups is 1. The first-order valence-corrected chi connectivity index (χ1v) is 11.7. The Morgan fingerprint density at radius 3 is 2.56 bits per heavy atom. The number of ether oxygens (including phenoxy) is 2. The van der Waals surface area contributed by atoms with Crippen molar-refractivity contribution in [2.45, 2.75) is 75.2 Å². The Morgan fingerprint density at radius 2 is 1.74 bits per heavy atom. The van der Waals surface area contributed by atoms with Crippen LogP contribution in [0.2, 0.25) is 0 Å². The van der Waals surface area contributed by atoms with Gasteiger partial charge < -0.3 is 9.47 Å². The minimum absolute atomic E-state index is 0.687. The van der Waals surface area contributed by atoms with Gasteiger partial charge in [-0.15, -0.1) is 0 Å². The van der Waals surface area contributed by atoms with E-state index in [0.717, 1.165) is 60.9 Å². The topological polar surface area (TPSA) is 18.5 Å². The van der Waals surface area contributed by atoms with Crippen LogP contribution in [0, 0.1) is 0 Å². The van der Waals surface area contributed by atoms with E-state index in [2.05, 4.69) is 55.9 Å². The third kappa shape index (κ3) is 4.23. The van der Waals surface area contributed by atoms with Crippen LogP contribution in [0.15, 0.2) is 30.3 Å². The summed E-state index contributed by atoms with van der Waals surface area (Å²) in [7, 11) is 0. The Bertz CT molecular complexity index is 772. The highest BCUT2D eigenvalue weighted by atomic mass is 32.2. The molecule has 1 heterocycles. The molecule has 1 aliphatic heterocycles. The van der Waals surface area contributed by atoms with E-state index in [1.165, 1.54) is 35.6 Å². The lowest BCUT2D eigenvalue weighted by Gasteiger charge is -2.23. The van der Waals surface area contributed by atoms with Crippen molar-refractivity contribution in [1.82, 2.24) is 0 Å². The number of fused-ring (bicyclic) bond motifs is 2. The van der Waals surface area contributed by atoms with Crippen LogP contribution in [-0.2, 0) is 0 Å². The van der Waals surface area contributed by atoms with Gasteiger partial charge in [0.05, 0.1) is 13.2 Å². The van der Waals surface area contributed by atoms with Crippen molar-refractivity contribution in [1.29, 1.82) is 0 Å². The highest BCUT2D eigenvalue weighted by Gasteiger charge is 2.47. The second kappa shape index (κ2) is 8.77. The molecular weight excluding hydrogens is 352 g/mol. The largest absolute Gasteiger partial charge is 0.494 e. The summed E-state index contributed by atoms with van der Waals surface area (Å²) in [5, 5.41) is 4.33. The number of hydrogen-bond acceptors (Lipinski definition) is 3. The summed E-state index contributed by atoms with van der Waals surface area (Å²) in [4.78, 5) is 0. The van der Waals surface area contributed by atoms with Gasteiger partial charge in [-0.05, 0) is 66.8 Å². The third-order valence-corrected chi connectivity index (χ3v) is 7.46. The number of rotatable bonds is 9. The molecule has 1 aliphatic carbocycles. The van der Waals surface area contributed by atoms with Gasteiger partial charge in [0.25, 0.3) is 0 Å².